The number of piperidine rings is 1. The Hall–Kier alpha value is -3.87. The topological polar surface area (TPSA) is 129 Å². The molecule has 4 rings (SSSR count). The number of imide groups is 1. The van der Waals surface area contributed by atoms with Gasteiger partial charge in [0.2, 0.25) is 11.8 Å². The molecule has 1 fully saturated rings. The van der Waals surface area contributed by atoms with Crippen molar-refractivity contribution in [3.8, 4) is 17.3 Å². The third kappa shape index (κ3) is 3.14. The minimum atomic E-state index is -2.90. The molecule has 1 aromatic carbocycles. The highest BCUT2D eigenvalue weighted by Gasteiger charge is 2.39. The average Bonchev–Trinajstić information content (AvgIpc) is 3.03. The van der Waals surface area contributed by atoms with Gasteiger partial charge >= 0.3 is 0 Å². The molecule has 152 valence electrons. The molecule has 0 spiro atoms. The number of nitrogens with two attached hydrogens (primary N) is 1. The highest BCUT2D eigenvalue weighted by Crippen LogP contribution is 2.33. The van der Waals surface area contributed by atoms with Crippen LogP contribution in [0.25, 0.3) is 11.3 Å². The van der Waals surface area contributed by atoms with E-state index in [1.807, 2.05) is 0 Å². The van der Waals surface area contributed by atoms with Crippen molar-refractivity contribution in [2.24, 2.45) is 0 Å². The first-order chi connectivity index (χ1) is 14.3. The Balaban J connectivity index is 1.68. The SMILES string of the molecule is N#Cc1c(C(F)F)cc(-c2ccc3c(c2)CN(C2CCC(=O)NC2=O)C3=O)nc1N. The van der Waals surface area contributed by atoms with Crippen molar-refractivity contribution in [3.05, 3.63) is 46.5 Å². The van der Waals surface area contributed by atoms with Crippen molar-refractivity contribution in [3.63, 3.8) is 0 Å². The number of hydrogen-bond acceptors (Lipinski definition) is 6. The van der Waals surface area contributed by atoms with E-state index in [1.165, 1.54) is 11.0 Å². The molecule has 0 radical (unpaired) electrons. The van der Waals surface area contributed by atoms with E-state index in [2.05, 4.69) is 10.3 Å². The summed E-state index contributed by atoms with van der Waals surface area (Å²) in [7, 11) is 0. The molecule has 0 bridgehead atoms. The molecule has 8 nitrogen and oxygen atoms in total. The van der Waals surface area contributed by atoms with Gasteiger partial charge in [-0.25, -0.2) is 13.8 Å². The summed E-state index contributed by atoms with van der Waals surface area (Å²) in [6.07, 6.45) is -2.52. The fourth-order valence-corrected chi connectivity index (χ4v) is 3.76. The maximum absolute atomic E-state index is 13.3. The summed E-state index contributed by atoms with van der Waals surface area (Å²) < 4.78 is 26.7. The third-order valence-corrected chi connectivity index (χ3v) is 5.24. The Morgan fingerprint density at radius 1 is 1.27 bits per heavy atom. The lowest BCUT2D eigenvalue weighted by molar-refractivity contribution is -0.136. The van der Waals surface area contributed by atoms with Gasteiger partial charge in [-0.15, -0.1) is 0 Å². The summed E-state index contributed by atoms with van der Waals surface area (Å²) >= 11 is 0. The number of rotatable bonds is 3. The van der Waals surface area contributed by atoms with Crippen LogP contribution < -0.4 is 11.1 Å². The van der Waals surface area contributed by atoms with E-state index in [4.69, 9.17) is 11.0 Å². The number of nitrogens with zero attached hydrogens (tertiary/aromatic N) is 3. The van der Waals surface area contributed by atoms with Gasteiger partial charge in [-0.2, -0.15) is 5.26 Å². The van der Waals surface area contributed by atoms with E-state index < -0.39 is 23.9 Å². The van der Waals surface area contributed by atoms with Crippen LogP contribution in [-0.2, 0) is 16.1 Å². The second kappa shape index (κ2) is 7.18. The normalized spacial score (nSPS) is 18.4. The Morgan fingerprint density at radius 2 is 2.03 bits per heavy atom. The first kappa shape index (κ1) is 19.4. The predicted octanol–water partition coefficient (Wildman–Crippen LogP) is 1.90. The van der Waals surface area contributed by atoms with Crippen molar-refractivity contribution in [1.29, 1.82) is 5.26 Å². The van der Waals surface area contributed by atoms with Gasteiger partial charge in [-0.05, 0) is 30.2 Å². The van der Waals surface area contributed by atoms with Crippen molar-refractivity contribution < 1.29 is 23.2 Å². The van der Waals surface area contributed by atoms with Gasteiger partial charge in [0.1, 0.15) is 23.5 Å². The zero-order chi connectivity index (χ0) is 21.6. The van der Waals surface area contributed by atoms with E-state index in [-0.39, 0.29) is 48.3 Å². The number of carbonyl (C=O) groups excluding carboxylic acids is 3. The molecule has 3 amide bonds. The Kier molecular flexibility index (Phi) is 4.66. The van der Waals surface area contributed by atoms with Crippen LogP contribution in [0.15, 0.2) is 24.3 Å². The van der Waals surface area contributed by atoms with Crippen LogP contribution in [0.1, 0.15) is 46.3 Å². The number of anilines is 1. The minimum absolute atomic E-state index is 0.141. The number of hydrogen-bond donors (Lipinski definition) is 2. The first-order valence-electron chi connectivity index (χ1n) is 9.06. The summed E-state index contributed by atoms with van der Waals surface area (Å²) in [5.74, 6) is -1.53. The van der Waals surface area contributed by atoms with Crippen LogP contribution in [-0.4, -0.2) is 33.6 Å². The molecule has 1 saturated heterocycles. The average molecular weight is 411 g/mol. The van der Waals surface area contributed by atoms with E-state index in [0.29, 0.717) is 16.7 Å². The number of nitriles is 1. The molecule has 3 N–H and O–H groups in total. The van der Waals surface area contributed by atoms with Crippen LogP contribution in [0, 0.1) is 11.3 Å². The van der Waals surface area contributed by atoms with Crippen LogP contribution >= 0.6 is 0 Å². The quantitative estimate of drug-likeness (QED) is 0.742. The molecule has 0 aliphatic carbocycles. The number of alkyl halides is 2. The Morgan fingerprint density at radius 3 is 2.70 bits per heavy atom. The first-order valence-corrected chi connectivity index (χ1v) is 9.06. The number of amides is 3. The number of halogens is 2. The number of nitrogens with one attached hydrogen (secondary N) is 1. The molecule has 1 aromatic heterocycles. The third-order valence-electron chi connectivity index (χ3n) is 5.24. The van der Waals surface area contributed by atoms with Gasteiger partial charge in [0, 0.05) is 29.7 Å². The fraction of sp³-hybridized carbons (Fsp3) is 0.250. The van der Waals surface area contributed by atoms with Gasteiger partial charge in [-0.1, -0.05) is 6.07 Å². The maximum Gasteiger partial charge on any atom is 0.265 e. The highest BCUT2D eigenvalue weighted by atomic mass is 19.3. The van der Waals surface area contributed by atoms with Crippen LogP contribution in [0.5, 0.6) is 0 Å². The van der Waals surface area contributed by atoms with Crippen LogP contribution in [0.2, 0.25) is 0 Å². The lowest BCUT2D eigenvalue weighted by atomic mass is 10.0. The van der Waals surface area contributed by atoms with Crippen molar-refractivity contribution in [2.75, 3.05) is 5.73 Å². The van der Waals surface area contributed by atoms with E-state index in [1.54, 1.807) is 18.2 Å². The van der Waals surface area contributed by atoms with Crippen molar-refractivity contribution >= 4 is 23.5 Å². The van der Waals surface area contributed by atoms with Gasteiger partial charge in [0.05, 0.1) is 5.69 Å². The smallest absolute Gasteiger partial charge is 0.265 e. The number of fused-ring (bicyclic) bond motifs is 1. The van der Waals surface area contributed by atoms with Crippen LogP contribution in [0.3, 0.4) is 0 Å². The largest absolute Gasteiger partial charge is 0.383 e. The van der Waals surface area contributed by atoms with E-state index in [0.717, 1.165) is 6.07 Å². The second-order valence-corrected chi connectivity index (χ2v) is 7.04. The molecule has 10 heteroatoms. The monoisotopic (exact) mass is 411 g/mol. The van der Waals surface area contributed by atoms with Gasteiger partial charge in [-0.3, -0.25) is 19.7 Å². The minimum Gasteiger partial charge on any atom is -0.383 e. The molecule has 2 aliphatic heterocycles. The molecule has 0 saturated carbocycles. The summed E-state index contributed by atoms with van der Waals surface area (Å²) in [5.41, 5.74) is 6.40. The molecule has 1 atom stereocenters. The molecule has 2 aliphatic rings. The zero-order valence-corrected chi connectivity index (χ0v) is 15.5. The number of pyridine rings is 1. The summed E-state index contributed by atoms with van der Waals surface area (Å²) in [4.78, 5) is 41.7. The number of benzene rings is 1. The van der Waals surface area contributed by atoms with Crippen molar-refractivity contribution in [1.82, 2.24) is 15.2 Å². The summed E-state index contributed by atoms with van der Waals surface area (Å²) in [6, 6.07) is 6.71. The predicted molar refractivity (Wildman–Crippen MR) is 99.8 cm³/mol. The molecular formula is C20H15F2N5O3. The lowest BCUT2D eigenvalue weighted by Gasteiger charge is -2.29. The number of nitrogen functional groups attached to an aromatic ring is 1. The molecule has 3 heterocycles. The van der Waals surface area contributed by atoms with E-state index in [9.17, 15) is 23.2 Å². The highest BCUT2D eigenvalue weighted by molar-refractivity contribution is 6.05. The standard InChI is InChI=1S/C20H15F2N5O3/c21-17(22)12-6-14(25-18(24)13(12)7-23)9-1-2-11-10(5-9)8-27(20(11)30)15-3-4-16(28)26-19(15)29/h1-2,5-6,15,17H,3-4,8H2,(H2,24,25)(H,26,28,29). The lowest BCUT2D eigenvalue weighted by Crippen LogP contribution is -2.52. The maximum atomic E-state index is 13.3. The van der Waals surface area contributed by atoms with E-state index >= 15 is 0 Å². The summed E-state index contributed by atoms with van der Waals surface area (Å²) in [5, 5.41) is 11.3. The Labute approximate surface area is 169 Å². The second-order valence-electron chi connectivity index (χ2n) is 7.04. The molecular weight excluding hydrogens is 396 g/mol. The van der Waals surface area contributed by atoms with Crippen molar-refractivity contribution in [2.45, 2.75) is 31.9 Å². The molecule has 30 heavy (non-hydrogen) atoms. The van der Waals surface area contributed by atoms with Gasteiger partial charge in [0.25, 0.3) is 12.3 Å². The molecule has 1 unspecified atom stereocenters. The Bertz CT molecular complexity index is 1140. The molecule has 2 aromatic rings. The number of aromatic nitrogens is 1. The fourth-order valence-electron chi connectivity index (χ4n) is 3.76. The van der Waals surface area contributed by atoms with Gasteiger partial charge in [0.15, 0.2) is 0 Å². The zero-order valence-electron chi connectivity index (χ0n) is 15.5. The van der Waals surface area contributed by atoms with Crippen LogP contribution in [0.4, 0.5) is 14.6 Å². The summed E-state index contributed by atoms with van der Waals surface area (Å²) in [6.45, 7) is 0.141. The van der Waals surface area contributed by atoms with Gasteiger partial charge < -0.3 is 10.6 Å². The number of carbonyl (C=O) groups is 3.